The molecule has 0 saturated carbocycles. The summed E-state index contributed by atoms with van der Waals surface area (Å²) in [5, 5.41) is 9.62. The molecule has 104 valence electrons. The molecule has 0 unspecified atom stereocenters. The van der Waals surface area contributed by atoms with E-state index in [1.807, 2.05) is 44.2 Å². The molecule has 1 aliphatic heterocycles. The SMILES string of the molecule is CC(C)C(=O)[C@@H](c1ccccc1)N1CCC(O)CC1. The summed E-state index contributed by atoms with van der Waals surface area (Å²) in [6.45, 7) is 5.49. The van der Waals surface area contributed by atoms with Gasteiger partial charge in [0, 0.05) is 19.0 Å². The van der Waals surface area contributed by atoms with Crippen molar-refractivity contribution < 1.29 is 9.90 Å². The molecule has 0 spiro atoms. The lowest BCUT2D eigenvalue weighted by atomic mass is 9.92. The van der Waals surface area contributed by atoms with Crippen molar-refractivity contribution in [3.8, 4) is 0 Å². The summed E-state index contributed by atoms with van der Waals surface area (Å²) in [6.07, 6.45) is 1.31. The second kappa shape index (κ2) is 6.31. The highest BCUT2D eigenvalue weighted by Crippen LogP contribution is 2.27. The van der Waals surface area contributed by atoms with Crippen LogP contribution in [0, 0.1) is 5.92 Å². The van der Waals surface area contributed by atoms with Gasteiger partial charge in [0.1, 0.15) is 0 Å². The van der Waals surface area contributed by atoms with E-state index in [2.05, 4.69) is 4.90 Å². The van der Waals surface area contributed by atoms with Crippen LogP contribution < -0.4 is 0 Å². The number of hydrogen-bond acceptors (Lipinski definition) is 3. The van der Waals surface area contributed by atoms with Gasteiger partial charge in [-0.25, -0.2) is 0 Å². The summed E-state index contributed by atoms with van der Waals surface area (Å²) in [5.74, 6) is 0.291. The first-order chi connectivity index (χ1) is 9.09. The number of likely N-dealkylation sites (tertiary alicyclic amines) is 1. The average Bonchev–Trinajstić information content (AvgIpc) is 2.42. The van der Waals surface area contributed by atoms with Gasteiger partial charge in [-0.15, -0.1) is 0 Å². The van der Waals surface area contributed by atoms with Gasteiger partial charge in [0.05, 0.1) is 12.1 Å². The van der Waals surface area contributed by atoms with Crippen LogP contribution in [0.2, 0.25) is 0 Å². The molecular weight excluding hydrogens is 238 g/mol. The maximum atomic E-state index is 12.5. The summed E-state index contributed by atoms with van der Waals surface area (Å²) in [6, 6.07) is 9.82. The Morgan fingerprint density at radius 2 is 1.79 bits per heavy atom. The molecule has 0 amide bonds. The number of piperidine rings is 1. The first kappa shape index (κ1) is 14.2. The zero-order valence-corrected chi connectivity index (χ0v) is 11.7. The summed E-state index contributed by atoms with van der Waals surface area (Å²) >= 11 is 0. The Kier molecular flexibility index (Phi) is 4.72. The molecule has 1 aromatic rings. The van der Waals surface area contributed by atoms with Crippen LogP contribution in [-0.4, -0.2) is 35.0 Å². The van der Waals surface area contributed by atoms with Crippen LogP contribution in [0.3, 0.4) is 0 Å². The lowest BCUT2D eigenvalue weighted by Crippen LogP contribution is -2.42. The van der Waals surface area contributed by atoms with E-state index in [1.165, 1.54) is 0 Å². The Morgan fingerprint density at radius 1 is 1.21 bits per heavy atom. The van der Waals surface area contributed by atoms with Gasteiger partial charge in [0.2, 0.25) is 0 Å². The van der Waals surface area contributed by atoms with E-state index >= 15 is 0 Å². The molecule has 0 radical (unpaired) electrons. The quantitative estimate of drug-likeness (QED) is 0.905. The minimum absolute atomic E-state index is 0.0251. The van der Waals surface area contributed by atoms with E-state index in [-0.39, 0.29) is 23.8 Å². The molecule has 0 aliphatic carbocycles. The van der Waals surface area contributed by atoms with Gasteiger partial charge in [-0.05, 0) is 18.4 Å². The predicted octanol–water partition coefficient (Wildman–Crippen LogP) is 2.41. The van der Waals surface area contributed by atoms with Crippen molar-refractivity contribution in [3.63, 3.8) is 0 Å². The largest absolute Gasteiger partial charge is 0.393 e. The fourth-order valence-electron chi connectivity index (χ4n) is 2.65. The Hall–Kier alpha value is -1.19. The van der Waals surface area contributed by atoms with Gasteiger partial charge >= 0.3 is 0 Å². The van der Waals surface area contributed by atoms with Gasteiger partial charge in [-0.3, -0.25) is 9.69 Å². The number of carbonyl (C=O) groups excluding carboxylic acids is 1. The van der Waals surface area contributed by atoms with E-state index in [9.17, 15) is 9.90 Å². The van der Waals surface area contributed by atoms with Gasteiger partial charge in [-0.2, -0.15) is 0 Å². The monoisotopic (exact) mass is 261 g/mol. The Morgan fingerprint density at radius 3 is 2.32 bits per heavy atom. The van der Waals surface area contributed by atoms with Crippen LogP contribution in [0.15, 0.2) is 30.3 Å². The number of hydrogen-bond donors (Lipinski definition) is 1. The minimum atomic E-state index is -0.207. The molecular formula is C16H23NO2. The van der Waals surface area contributed by atoms with Gasteiger partial charge in [0.15, 0.2) is 5.78 Å². The van der Waals surface area contributed by atoms with E-state index in [1.54, 1.807) is 0 Å². The fourth-order valence-corrected chi connectivity index (χ4v) is 2.65. The van der Waals surface area contributed by atoms with Crippen molar-refractivity contribution in [1.29, 1.82) is 0 Å². The number of nitrogens with zero attached hydrogens (tertiary/aromatic N) is 1. The molecule has 1 atom stereocenters. The molecule has 3 heteroatoms. The summed E-state index contributed by atoms with van der Waals surface area (Å²) in [7, 11) is 0. The first-order valence-electron chi connectivity index (χ1n) is 7.10. The molecule has 1 fully saturated rings. The number of carbonyl (C=O) groups is 1. The van der Waals surface area contributed by atoms with Crippen molar-refractivity contribution in [3.05, 3.63) is 35.9 Å². The van der Waals surface area contributed by atoms with E-state index in [0.29, 0.717) is 0 Å². The number of aliphatic hydroxyl groups excluding tert-OH is 1. The van der Waals surface area contributed by atoms with Crippen molar-refractivity contribution >= 4 is 5.78 Å². The standard InChI is InChI=1S/C16H23NO2/c1-12(2)16(19)15(13-6-4-3-5-7-13)17-10-8-14(18)9-11-17/h3-7,12,14-15,18H,8-11H2,1-2H3/t15-/m1/s1. The molecule has 3 nitrogen and oxygen atoms in total. The molecule has 1 heterocycles. The second-order valence-corrected chi connectivity index (χ2v) is 5.64. The normalized spacial score (nSPS) is 19.6. The smallest absolute Gasteiger partial charge is 0.157 e. The van der Waals surface area contributed by atoms with Gasteiger partial charge < -0.3 is 5.11 Å². The second-order valence-electron chi connectivity index (χ2n) is 5.64. The van der Waals surface area contributed by atoms with Crippen molar-refractivity contribution in [1.82, 2.24) is 4.90 Å². The van der Waals surface area contributed by atoms with Crippen LogP contribution >= 0.6 is 0 Å². The Bertz CT molecular complexity index is 408. The predicted molar refractivity (Wildman–Crippen MR) is 75.8 cm³/mol. The Balaban J connectivity index is 2.22. The molecule has 1 aromatic carbocycles. The average molecular weight is 261 g/mol. The third-order valence-corrected chi connectivity index (χ3v) is 3.82. The van der Waals surface area contributed by atoms with Crippen molar-refractivity contribution in [2.75, 3.05) is 13.1 Å². The maximum Gasteiger partial charge on any atom is 0.157 e. The van der Waals surface area contributed by atoms with E-state index in [0.717, 1.165) is 31.5 Å². The van der Waals surface area contributed by atoms with E-state index < -0.39 is 0 Å². The van der Waals surface area contributed by atoms with Crippen LogP contribution in [0.25, 0.3) is 0 Å². The summed E-state index contributed by atoms with van der Waals surface area (Å²) < 4.78 is 0. The van der Waals surface area contributed by atoms with Crippen LogP contribution in [-0.2, 0) is 4.79 Å². The highest BCUT2D eigenvalue weighted by Gasteiger charge is 2.31. The number of aliphatic hydroxyl groups is 1. The number of rotatable bonds is 4. The van der Waals surface area contributed by atoms with Crippen LogP contribution in [0.1, 0.15) is 38.3 Å². The number of Topliss-reactive ketones (excluding diaryl/α,β-unsaturated/α-hetero) is 1. The zero-order valence-electron chi connectivity index (χ0n) is 11.7. The van der Waals surface area contributed by atoms with Gasteiger partial charge in [-0.1, -0.05) is 44.2 Å². The summed E-state index contributed by atoms with van der Waals surface area (Å²) in [5.41, 5.74) is 1.07. The summed E-state index contributed by atoms with van der Waals surface area (Å²) in [4.78, 5) is 14.7. The Labute approximate surface area is 115 Å². The van der Waals surface area contributed by atoms with Gasteiger partial charge in [0.25, 0.3) is 0 Å². The minimum Gasteiger partial charge on any atom is -0.393 e. The zero-order chi connectivity index (χ0) is 13.8. The van der Waals surface area contributed by atoms with Crippen molar-refractivity contribution in [2.24, 2.45) is 5.92 Å². The molecule has 0 bridgehead atoms. The van der Waals surface area contributed by atoms with Crippen LogP contribution in [0.4, 0.5) is 0 Å². The molecule has 1 aliphatic rings. The third-order valence-electron chi connectivity index (χ3n) is 3.82. The van der Waals surface area contributed by atoms with Crippen LogP contribution in [0.5, 0.6) is 0 Å². The first-order valence-corrected chi connectivity index (χ1v) is 7.10. The highest BCUT2D eigenvalue weighted by atomic mass is 16.3. The maximum absolute atomic E-state index is 12.5. The topological polar surface area (TPSA) is 40.5 Å². The van der Waals surface area contributed by atoms with E-state index in [4.69, 9.17) is 0 Å². The molecule has 19 heavy (non-hydrogen) atoms. The number of benzene rings is 1. The van der Waals surface area contributed by atoms with Crippen molar-refractivity contribution in [2.45, 2.75) is 38.8 Å². The number of ketones is 1. The lowest BCUT2D eigenvalue weighted by molar-refractivity contribution is -0.128. The highest BCUT2D eigenvalue weighted by molar-refractivity contribution is 5.86. The molecule has 1 N–H and O–H groups in total. The lowest BCUT2D eigenvalue weighted by Gasteiger charge is -2.36. The fraction of sp³-hybridized carbons (Fsp3) is 0.562. The molecule has 0 aromatic heterocycles. The molecule has 2 rings (SSSR count). The molecule has 1 saturated heterocycles. The third kappa shape index (κ3) is 3.43.